The Morgan fingerprint density at radius 2 is 1.86 bits per heavy atom. The number of halogens is 4. The molecule has 1 saturated carbocycles. The van der Waals surface area contributed by atoms with E-state index in [2.05, 4.69) is 10.6 Å². The second kappa shape index (κ2) is 10.7. The minimum Gasteiger partial charge on any atom is -0.355 e. The normalized spacial score (nSPS) is 23.4. The average Bonchev–Trinajstić information content (AvgIpc) is 3.41. The Bertz CT molecular complexity index is 1190. The summed E-state index contributed by atoms with van der Waals surface area (Å²) in [5, 5.41) is 5.91. The molecule has 6 nitrogen and oxygen atoms in total. The average molecular weight is 544 g/mol. The number of amides is 1. The first-order valence-electron chi connectivity index (χ1n) is 11.9. The number of carbonyl (C=O) groups excluding carboxylic acids is 1. The zero-order valence-electron chi connectivity index (χ0n) is 19.8. The lowest BCUT2D eigenvalue weighted by Crippen LogP contribution is -2.51. The first-order valence-corrected chi connectivity index (χ1v) is 13.8. The second-order valence-corrected chi connectivity index (χ2v) is 11.7. The van der Waals surface area contributed by atoms with Crippen molar-refractivity contribution >= 4 is 27.5 Å². The lowest BCUT2D eigenvalue weighted by atomic mass is 9.96. The predicted octanol–water partition coefficient (Wildman–Crippen LogP) is 4.09. The van der Waals surface area contributed by atoms with Gasteiger partial charge in [-0.05, 0) is 61.8 Å². The topological polar surface area (TPSA) is 78.5 Å². The molecule has 1 saturated heterocycles. The van der Waals surface area contributed by atoms with Gasteiger partial charge in [-0.1, -0.05) is 41.9 Å². The molecular weight excluding hydrogens is 515 g/mol. The van der Waals surface area contributed by atoms with Crippen LogP contribution < -0.4 is 10.6 Å². The Labute approximate surface area is 214 Å². The molecule has 1 amide bonds. The highest BCUT2D eigenvalue weighted by Crippen LogP contribution is 2.42. The highest BCUT2D eigenvalue weighted by atomic mass is 35.5. The third-order valence-electron chi connectivity index (χ3n) is 7.07. The number of fused-ring (bicyclic) bond motifs is 1. The number of rotatable bonds is 8. The molecule has 36 heavy (non-hydrogen) atoms. The molecule has 196 valence electrons. The molecule has 0 bridgehead atoms. The summed E-state index contributed by atoms with van der Waals surface area (Å²) in [5.74, 6) is -0.0263. The van der Waals surface area contributed by atoms with Crippen molar-refractivity contribution in [1.29, 1.82) is 0 Å². The summed E-state index contributed by atoms with van der Waals surface area (Å²) in [6, 6.07) is 11.5. The maximum absolute atomic E-state index is 13.3. The van der Waals surface area contributed by atoms with Crippen molar-refractivity contribution < 1.29 is 26.4 Å². The van der Waals surface area contributed by atoms with Gasteiger partial charge in [0.05, 0.1) is 16.6 Å². The number of carbonyl (C=O) groups is 1. The smallest absolute Gasteiger partial charge is 0.355 e. The van der Waals surface area contributed by atoms with Crippen LogP contribution in [0, 0.1) is 11.8 Å². The van der Waals surface area contributed by atoms with Crippen molar-refractivity contribution in [3.63, 3.8) is 0 Å². The number of hydrogen-bond acceptors (Lipinski definition) is 4. The number of sulfonamides is 1. The molecule has 0 unspecified atom stereocenters. The number of benzene rings is 2. The quantitative estimate of drug-likeness (QED) is 0.525. The van der Waals surface area contributed by atoms with E-state index in [1.165, 1.54) is 4.31 Å². The van der Waals surface area contributed by atoms with E-state index in [0.717, 1.165) is 30.5 Å². The molecule has 2 aliphatic rings. The standard InChI is InChI=1S/C25H29ClF3N3O3S/c1-2-30-24(33)22(12-16-6-4-3-5-7-16)31-21-10-8-17-14-32(15-19(17)21)36(34,35)23-11-9-18(13-20(23)26)25(27,28)29/h3-7,9,11,13,17,19,21-22,31H,2,8,10,12,14-15H2,1H3,(H,30,33)/t17-,19+,21+,22+/m1/s1. The molecule has 1 aliphatic carbocycles. The molecule has 2 N–H and O–H groups in total. The van der Waals surface area contributed by atoms with E-state index >= 15 is 0 Å². The highest BCUT2D eigenvalue weighted by Gasteiger charge is 2.47. The first-order chi connectivity index (χ1) is 17.0. The molecule has 4 rings (SSSR count). The number of nitrogens with zero attached hydrogens (tertiary/aromatic N) is 1. The van der Waals surface area contributed by atoms with E-state index in [1.807, 2.05) is 37.3 Å². The molecule has 1 heterocycles. The van der Waals surface area contributed by atoms with Crippen LogP contribution in [0.4, 0.5) is 13.2 Å². The van der Waals surface area contributed by atoms with Crippen molar-refractivity contribution in [3.05, 3.63) is 64.7 Å². The Kier molecular flexibility index (Phi) is 7.99. The van der Waals surface area contributed by atoms with Gasteiger partial charge >= 0.3 is 6.18 Å². The van der Waals surface area contributed by atoms with Gasteiger partial charge in [0.2, 0.25) is 15.9 Å². The Balaban J connectivity index is 1.49. The summed E-state index contributed by atoms with van der Waals surface area (Å²) >= 11 is 6.00. The van der Waals surface area contributed by atoms with Crippen LogP contribution in [0.1, 0.15) is 30.9 Å². The third-order valence-corrected chi connectivity index (χ3v) is 9.38. The number of nitrogens with one attached hydrogen (secondary N) is 2. The first kappa shape index (κ1) is 26.9. The molecule has 0 aromatic heterocycles. The number of hydrogen-bond donors (Lipinski definition) is 2. The molecule has 11 heteroatoms. The van der Waals surface area contributed by atoms with Crippen LogP contribution in [0.5, 0.6) is 0 Å². The van der Waals surface area contributed by atoms with Gasteiger partial charge in [0, 0.05) is 25.7 Å². The largest absolute Gasteiger partial charge is 0.416 e. The van der Waals surface area contributed by atoms with E-state index in [-0.39, 0.29) is 41.8 Å². The van der Waals surface area contributed by atoms with Crippen LogP contribution in [0.25, 0.3) is 0 Å². The molecule has 2 aromatic carbocycles. The summed E-state index contributed by atoms with van der Waals surface area (Å²) in [4.78, 5) is 12.5. The van der Waals surface area contributed by atoms with Crippen LogP contribution in [-0.4, -0.2) is 50.3 Å². The summed E-state index contributed by atoms with van der Waals surface area (Å²) < 4.78 is 66.8. The van der Waals surface area contributed by atoms with Gasteiger partial charge in [-0.25, -0.2) is 8.42 Å². The molecule has 0 radical (unpaired) electrons. The zero-order valence-corrected chi connectivity index (χ0v) is 21.3. The Morgan fingerprint density at radius 1 is 1.14 bits per heavy atom. The van der Waals surface area contributed by atoms with E-state index in [9.17, 15) is 26.4 Å². The molecule has 2 fully saturated rings. The van der Waals surface area contributed by atoms with E-state index < -0.39 is 32.8 Å². The summed E-state index contributed by atoms with van der Waals surface area (Å²) in [6.45, 7) is 2.85. The molecule has 2 aromatic rings. The fourth-order valence-electron chi connectivity index (χ4n) is 5.29. The molecule has 0 spiro atoms. The molecule has 4 atom stereocenters. The second-order valence-electron chi connectivity index (χ2n) is 9.38. The summed E-state index contributed by atoms with van der Waals surface area (Å²) in [7, 11) is -4.07. The van der Waals surface area contributed by atoms with Crippen LogP contribution in [0.15, 0.2) is 53.4 Å². The number of alkyl halides is 3. The summed E-state index contributed by atoms with van der Waals surface area (Å²) in [5.41, 5.74) is 0.0205. The van der Waals surface area contributed by atoms with Gasteiger partial charge in [-0.15, -0.1) is 0 Å². The SMILES string of the molecule is CCNC(=O)[C@H](Cc1ccccc1)N[C@H]1CC[C@@H]2CN(S(=O)(=O)c3ccc(C(F)(F)F)cc3Cl)C[C@@H]21. The van der Waals surface area contributed by atoms with E-state index in [0.29, 0.717) is 19.0 Å². The van der Waals surface area contributed by atoms with E-state index in [1.54, 1.807) is 0 Å². The molecule has 1 aliphatic heterocycles. The lowest BCUT2D eigenvalue weighted by molar-refractivity contribution is -0.137. The van der Waals surface area contributed by atoms with Gasteiger partial charge in [-0.2, -0.15) is 17.5 Å². The van der Waals surface area contributed by atoms with Crippen LogP contribution >= 0.6 is 11.6 Å². The van der Waals surface area contributed by atoms with Gasteiger partial charge < -0.3 is 10.6 Å². The highest BCUT2D eigenvalue weighted by molar-refractivity contribution is 7.89. The van der Waals surface area contributed by atoms with Crippen molar-refractivity contribution in [3.8, 4) is 0 Å². The van der Waals surface area contributed by atoms with Crippen molar-refractivity contribution in [2.45, 2.75) is 49.3 Å². The van der Waals surface area contributed by atoms with Crippen LogP contribution in [0.3, 0.4) is 0 Å². The van der Waals surface area contributed by atoms with E-state index in [4.69, 9.17) is 11.6 Å². The van der Waals surface area contributed by atoms with Gasteiger partial charge in [-0.3, -0.25) is 4.79 Å². The minimum absolute atomic E-state index is 0.0132. The predicted molar refractivity (Wildman–Crippen MR) is 131 cm³/mol. The third kappa shape index (κ3) is 5.72. The van der Waals surface area contributed by atoms with Crippen molar-refractivity contribution in [2.24, 2.45) is 11.8 Å². The lowest BCUT2D eigenvalue weighted by Gasteiger charge is -2.27. The van der Waals surface area contributed by atoms with Gasteiger partial charge in [0.25, 0.3) is 0 Å². The van der Waals surface area contributed by atoms with Gasteiger partial charge in [0.1, 0.15) is 4.90 Å². The van der Waals surface area contributed by atoms with Crippen LogP contribution in [0.2, 0.25) is 5.02 Å². The fraction of sp³-hybridized carbons (Fsp3) is 0.480. The Hall–Kier alpha value is -2.14. The Morgan fingerprint density at radius 3 is 2.50 bits per heavy atom. The zero-order chi connectivity index (χ0) is 26.1. The number of likely N-dealkylation sites (N-methyl/N-ethyl adjacent to an activating group) is 1. The van der Waals surface area contributed by atoms with Crippen molar-refractivity contribution in [2.75, 3.05) is 19.6 Å². The maximum Gasteiger partial charge on any atom is 0.416 e. The molecular formula is C25H29ClF3N3O3S. The summed E-state index contributed by atoms with van der Waals surface area (Å²) in [6.07, 6.45) is -2.50. The van der Waals surface area contributed by atoms with Gasteiger partial charge in [0.15, 0.2) is 0 Å². The monoisotopic (exact) mass is 543 g/mol. The fourth-order valence-corrected chi connectivity index (χ4v) is 7.34. The van der Waals surface area contributed by atoms with Crippen LogP contribution in [-0.2, 0) is 27.4 Å². The minimum atomic E-state index is -4.62. The maximum atomic E-state index is 13.3. The van der Waals surface area contributed by atoms with Crippen molar-refractivity contribution in [1.82, 2.24) is 14.9 Å².